The highest BCUT2D eigenvalue weighted by molar-refractivity contribution is 6.44. The zero-order valence-corrected chi connectivity index (χ0v) is 17.3. The van der Waals surface area contributed by atoms with Crippen molar-refractivity contribution in [1.29, 1.82) is 0 Å². The first-order valence-electron chi connectivity index (χ1n) is 7.92. The average molecular weight is 365 g/mol. The predicted octanol–water partition coefficient (Wildman–Crippen LogP) is 2.56. The van der Waals surface area contributed by atoms with E-state index < -0.39 is 18.6 Å². The minimum Gasteiger partial charge on any atom is -0.400 e. The Bertz CT molecular complexity index is 468. The predicted molar refractivity (Wildman–Crippen MR) is 103 cm³/mol. The van der Waals surface area contributed by atoms with Gasteiger partial charge < -0.3 is 17.7 Å². The molecule has 0 aromatic heterocycles. The highest BCUT2D eigenvalue weighted by atomic mass is 28.3. The van der Waals surface area contributed by atoms with E-state index in [0.717, 1.165) is 12.1 Å². The summed E-state index contributed by atoms with van der Waals surface area (Å²) in [5.41, 5.74) is 2.58. The molecule has 0 aliphatic heterocycles. The van der Waals surface area contributed by atoms with Gasteiger partial charge in [-0.15, -0.1) is 0 Å². The van der Waals surface area contributed by atoms with Crippen molar-refractivity contribution in [3.05, 3.63) is 71.8 Å². The van der Waals surface area contributed by atoms with Crippen molar-refractivity contribution in [3.63, 3.8) is 0 Å². The molecule has 0 bridgehead atoms. The average Bonchev–Trinajstić information content (AvgIpc) is 2.66. The van der Waals surface area contributed by atoms with Gasteiger partial charge in [-0.1, -0.05) is 60.7 Å². The van der Waals surface area contributed by atoms with Crippen molar-refractivity contribution < 1.29 is 17.7 Å². The van der Waals surface area contributed by atoms with Crippen LogP contribution in [0.4, 0.5) is 0 Å². The van der Waals surface area contributed by atoms with E-state index >= 15 is 0 Å². The zero-order chi connectivity index (χ0) is 17.6. The molecule has 0 aliphatic rings. The molecule has 132 valence electrons. The fourth-order valence-corrected chi connectivity index (χ4v) is 4.50. The molecule has 4 nitrogen and oxygen atoms in total. The van der Waals surface area contributed by atoms with Gasteiger partial charge in [-0.25, -0.2) is 0 Å². The summed E-state index contributed by atoms with van der Waals surface area (Å²) in [4.78, 5) is 0. The monoisotopic (exact) mass is 364 g/mol. The van der Waals surface area contributed by atoms with Crippen LogP contribution >= 0.6 is 0 Å². The van der Waals surface area contributed by atoms with Gasteiger partial charge in [-0.3, -0.25) is 0 Å². The van der Waals surface area contributed by atoms with Gasteiger partial charge in [0.25, 0.3) is 0 Å². The minimum absolute atomic E-state index is 0.938. The smallest absolute Gasteiger partial charge is 0.325 e. The first-order chi connectivity index (χ1) is 11.7. The molecule has 6 heteroatoms. The fraction of sp³-hybridized carbons (Fsp3) is 0.333. The Morgan fingerprint density at radius 3 is 1.08 bits per heavy atom. The molecular weight excluding hydrogens is 336 g/mol. The Kier molecular flexibility index (Phi) is 11.3. The van der Waals surface area contributed by atoms with E-state index in [9.17, 15) is 0 Å². The van der Waals surface area contributed by atoms with Gasteiger partial charge in [0.1, 0.15) is 0 Å². The highest BCUT2D eigenvalue weighted by Crippen LogP contribution is 2.03. The standard InChI is InChI=1S/2C9H14O2Si/c2*1-10-12(11-2)8-9-6-4-3-5-7-9/h2*3-7,12H,8H2,1-2H3. The normalized spacial score (nSPS) is 10.6. The summed E-state index contributed by atoms with van der Waals surface area (Å²) in [6.45, 7) is 0. The topological polar surface area (TPSA) is 36.9 Å². The Labute approximate surface area is 149 Å². The lowest BCUT2D eigenvalue weighted by Crippen LogP contribution is -2.22. The van der Waals surface area contributed by atoms with Gasteiger partial charge in [0.05, 0.1) is 0 Å². The SMILES string of the molecule is CO[SiH](Cc1ccccc1)OC.CO[SiH](Cc1ccccc1)OC. The molecule has 0 aliphatic carbocycles. The maximum atomic E-state index is 5.22. The molecule has 0 amide bonds. The van der Waals surface area contributed by atoms with Crippen LogP contribution in [0.15, 0.2) is 60.7 Å². The van der Waals surface area contributed by atoms with E-state index in [-0.39, 0.29) is 0 Å². The lowest BCUT2D eigenvalue weighted by atomic mass is 10.2. The highest BCUT2D eigenvalue weighted by Gasteiger charge is 2.10. The summed E-state index contributed by atoms with van der Waals surface area (Å²) < 4.78 is 20.9. The second-order valence-corrected chi connectivity index (χ2v) is 9.60. The Hall–Kier alpha value is -1.29. The number of rotatable bonds is 8. The molecule has 0 fully saturated rings. The molecule has 2 rings (SSSR count). The van der Waals surface area contributed by atoms with Crippen molar-refractivity contribution in [2.24, 2.45) is 0 Å². The van der Waals surface area contributed by atoms with Crippen LogP contribution < -0.4 is 0 Å². The van der Waals surface area contributed by atoms with Gasteiger partial charge in [0.15, 0.2) is 0 Å². The van der Waals surface area contributed by atoms with Crippen LogP contribution in [0, 0.1) is 0 Å². The quantitative estimate of drug-likeness (QED) is 0.675. The Balaban J connectivity index is 0.000000240. The van der Waals surface area contributed by atoms with E-state index in [0.29, 0.717) is 0 Å². The van der Waals surface area contributed by atoms with Crippen LogP contribution in [0.1, 0.15) is 11.1 Å². The number of benzene rings is 2. The van der Waals surface area contributed by atoms with Gasteiger partial charge >= 0.3 is 18.6 Å². The molecule has 0 saturated heterocycles. The second kappa shape index (κ2) is 13.1. The van der Waals surface area contributed by atoms with Crippen molar-refractivity contribution in [2.45, 2.75) is 12.1 Å². The van der Waals surface area contributed by atoms with Crippen molar-refractivity contribution in [1.82, 2.24) is 0 Å². The van der Waals surface area contributed by atoms with E-state index in [1.807, 2.05) is 36.4 Å². The van der Waals surface area contributed by atoms with Crippen LogP contribution in [0.25, 0.3) is 0 Å². The van der Waals surface area contributed by atoms with Gasteiger partial charge in [-0.2, -0.15) is 0 Å². The van der Waals surface area contributed by atoms with Gasteiger partial charge in [-0.05, 0) is 11.1 Å². The molecule has 0 N–H and O–H groups in total. The van der Waals surface area contributed by atoms with Crippen LogP contribution in [-0.2, 0) is 29.8 Å². The first kappa shape index (κ1) is 20.8. The molecule has 0 unspecified atom stereocenters. The maximum Gasteiger partial charge on any atom is 0.325 e. The summed E-state index contributed by atoms with van der Waals surface area (Å²) >= 11 is 0. The van der Waals surface area contributed by atoms with E-state index in [2.05, 4.69) is 24.3 Å². The summed E-state index contributed by atoms with van der Waals surface area (Å²) in [5, 5.41) is 0. The third-order valence-electron chi connectivity index (χ3n) is 3.54. The Morgan fingerprint density at radius 1 is 0.542 bits per heavy atom. The van der Waals surface area contributed by atoms with Crippen molar-refractivity contribution in [3.8, 4) is 0 Å². The summed E-state index contributed by atoms with van der Waals surface area (Å²) in [6, 6.07) is 22.4. The summed E-state index contributed by atoms with van der Waals surface area (Å²) in [7, 11) is 4.01. The first-order valence-corrected chi connectivity index (χ1v) is 11.4. The minimum atomic E-state index is -1.42. The summed E-state index contributed by atoms with van der Waals surface area (Å²) in [5.74, 6) is 0. The largest absolute Gasteiger partial charge is 0.400 e. The molecule has 0 radical (unpaired) electrons. The molecule has 2 aromatic carbocycles. The fourth-order valence-electron chi connectivity index (χ4n) is 2.14. The molecule has 2 aromatic rings. The molecule has 0 heterocycles. The molecule has 0 spiro atoms. The van der Waals surface area contributed by atoms with E-state index in [1.165, 1.54) is 11.1 Å². The lowest BCUT2D eigenvalue weighted by Gasteiger charge is -2.09. The van der Waals surface area contributed by atoms with Crippen LogP contribution in [-0.4, -0.2) is 47.0 Å². The second-order valence-electron chi connectivity index (χ2n) is 5.18. The lowest BCUT2D eigenvalue weighted by molar-refractivity contribution is 0.277. The van der Waals surface area contributed by atoms with Gasteiger partial charge in [0.2, 0.25) is 0 Å². The molecule has 0 atom stereocenters. The number of hydrogen-bond donors (Lipinski definition) is 0. The molecule has 24 heavy (non-hydrogen) atoms. The van der Waals surface area contributed by atoms with Crippen LogP contribution in [0.2, 0.25) is 0 Å². The van der Waals surface area contributed by atoms with Gasteiger partial charge in [0, 0.05) is 40.5 Å². The van der Waals surface area contributed by atoms with Crippen LogP contribution in [0.5, 0.6) is 0 Å². The third-order valence-corrected chi connectivity index (χ3v) is 7.25. The maximum absolute atomic E-state index is 5.22. The van der Waals surface area contributed by atoms with Crippen molar-refractivity contribution in [2.75, 3.05) is 28.4 Å². The van der Waals surface area contributed by atoms with Crippen molar-refractivity contribution >= 4 is 18.6 Å². The Morgan fingerprint density at radius 2 is 0.833 bits per heavy atom. The number of hydrogen-bond acceptors (Lipinski definition) is 4. The third kappa shape index (κ3) is 8.53. The van der Waals surface area contributed by atoms with E-state index in [1.54, 1.807) is 28.4 Å². The van der Waals surface area contributed by atoms with E-state index in [4.69, 9.17) is 17.7 Å². The molecule has 0 saturated carbocycles. The molecular formula is C18H28O4Si2. The zero-order valence-electron chi connectivity index (χ0n) is 15.0. The van der Waals surface area contributed by atoms with Crippen LogP contribution in [0.3, 0.4) is 0 Å². The summed E-state index contributed by atoms with van der Waals surface area (Å²) in [6.07, 6.45) is 0.